The van der Waals surface area contributed by atoms with E-state index in [1.807, 2.05) is 24.5 Å². The lowest BCUT2D eigenvalue weighted by atomic mass is 10.1. The first-order valence-corrected chi connectivity index (χ1v) is 13.5. The van der Waals surface area contributed by atoms with Crippen molar-refractivity contribution < 1.29 is 18.0 Å². The van der Waals surface area contributed by atoms with E-state index in [0.717, 1.165) is 11.3 Å². The van der Waals surface area contributed by atoms with Crippen molar-refractivity contribution in [3.8, 4) is 0 Å². The summed E-state index contributed by atoms with van der Waals surface area (Å²) in [7, 11) is -3.56. The van der Waals surface area contributed by atoms with E-state index in [2.05, 4.69) is 5.32 Å². The van der Waals surface area contributed by atoms with E-state index in [1.165, 1.54) is 16.4 Å². The van der Waals surface area contributed by atoms with Gasteiger partial charge in [-0.2, -0.15) is 16.1 Å². The minimum absolute atomic E-state index is 0.137. The predicted octanol–water partition coefficient (Wildman–Crippen LogP) is 3.43. The van der Waals surface area contributed by atoms with Gasteiger partial charge in [-0.05, 0) is 54.3 Å². The first-order chi connectivity index (χ1) is 15.3. The highest BCUT2D eigenvalue weighted by molar-refractivity contribution is 7.98. The second kappa shape index (κ2) is 10.5. The monoisotopic (exact) mass is 475 g/mol. The minimum atomic E-state index is -3.56. The van der Waals surface area contributed by atoms with Crippen molar-refractivity contribution in [3.05, 3.63) is 59.7 Å². The van der Waals surface area contributed by atoms with E-state index in [0.29, 0.717) is 37.3 Å². The lowest BCUT2D eigenvalue weighted by Crippen LogP contribution is -2.44. The Morgan fingerprint density at radius 2 is 1.78 bits per heavy atom. The highest BCUT2D eigenvalue weighted by atomic mass is 32.2. The number of amides is 2. The van der Waals surface area contributed by atoms with Crippen molar-refractivity contribution in [3.63, 3.8) is 0 Å². The Labute approximate surface area is 194 Å². The van der Waals surface area contributed by atoms with Gasteiger partial charge in [-0.1, -0.05) is 32.0 Å². The number of nitrogens with one attached hydrogen (secondary N) is 1. The van der Waals surface area contributed by atoms with E-state index >= 15 is 0 Å². The second-order valence-corrected chi connectivity index (χ2v) is 10.4. The van der Waals surface area contributed by atoms with E-state index in [-0.39, 0.29) is 16.7 Å². The first-order valence-electron chi connectivity index (χ1n) is 10.6. The molecule has 0 spiro atoms. The lowest BCUT2D eigenvalue weighted by Gasteiger charge is -2.27. The van der Waals surface area contributed by atoms with Crippen molar-refractivity contribution >= 4 is 39.3 Å². The summed E-state index contributed by atoms with van der Waals surface area (Å²) in [6, 6.07) is 13.0. The van der Waals surface area contributed by atoms with Crippen molar-refractivity contribution in [2.75, 3.05) is 30.4 Å². The summed E-state index contributed by atoms with van der Waals surface area (Å²) < 4.78 is 26.7. The SMILES string of the molecule is CCN(CC)S(=O)(=O)c1ccc(NC(=O)[C@H](CCSC)N2Cc3ccccc3C2=O)cc1. The van der Waals surface area contributed by atoms with Gasteiger partial charge in [-0.3, -0.25) is 9.59 Å². The van der Waals surface area contributed by atoms with Crippen LogP contribution in [0.4, 0.5) is 5.69 Å². The van der Waals surface area contributed by atoms with Crippen LogP contribution in [-0.2, 0) is 21.4 Å². The Balaban J connectivity index is 1.77. The molecular formula is C23H29N3O4S2. The van der Waals surface area contributed by atoms with Gasteiger partial charge in [0, 0.05) is 30.9 Å². The van der Waals surface area contributed by atoms with Crippen LogP contribution in [0.3, 0.4) is 0 Å². The molecule has 1 atom stereocenters. The molecule has 32 heavy (non-hydrogen) atoms. The average Bonchev–Trinajstić information content (AvgIpc) is 3.11. The highest BCUT2D eigenvalue weighted by Gasteiger charge is 2.36. The van der Waals surface area contributed by atoms with Crippen molar-refractivity contribution in [1.82, 2.24) is 9.21 Å². The molecule has 2 aromatic rings. The quantitative estimate of drug-likeness (QED) is 0.569. The molecule has 1 aliphatic rings. The molecule has 0 bridgehead atoms. The molecule has 7 nitrogen and oxygen atoms in total. The van der Waals surface area contributed by atoms with Crippen LogP contribution in [0, 0.1) is 0 Å². The molecule has 0 radical (unpaired) electrons. The van der Waals surface area contributed by atoms with Crippen LogP contribution in [-0.4, -0.2) is 60.6 Å². The van der Waals surface area contributed by atoms with Crippen LogP contribution in [0.5, 0.6) is 0 Å². The summed E-state index contributed by atoms with van der Waals surface area (Å²) in [5.41, 5.74) is 2.05. The number of anilines is 1. The van der Waals surface area contributed by atoms with Gasteiger partial charge < -0.3 is 10.2 Å². The number of rotatable bonds is 10. The van der Waals surface area contributed by atoms with Crippen molar-refractivity contribution in [1.29, 1.82) is 0 Å². The van der Waals surface area contributed by atoms with Gasteiger partial charge in [0.2, 0.25) is 15.9 Å². The molecule has 172 valence electrons. The average molecular weight is 476 g/mol. The fourth-order valence-electron chi connectivity index (χ4n) is 3.83. The molecule has 2 aromatic carbocycles. The van der Waals surface area contributed by atoms with Gasteiger partial charge >= 0.3 is 0 Å². The number of nitrogens with zero attached hydrogens (tertiary/aromatic N) is 2. The summed E-state index contributed by atoms with van der Waals surface area (Å²) in [4.78, 5) is 27.8. The molecule has 1 heterocycles. The third-order valence-electron chi connectivity index (χ3n) is 5.59. The maximum Gasteiger partial charge on any atom is 0.255 e. The fraction of sp³-hybridized carbons (Fsp3) is 0.391. The standard InChI is InChI=1S/C23H29N3O4S2/c1-4-25(5-2)32(29,30)19-12-10-18(11-13-19)24-22(27)21(14-15-31-3)26-16-17-8-6-7-9-20(17)23(26)28/h6-13,21H,4-5,14-16H2,1-3H3,(H,24,27)/t21-/m0/s1. The maximum absolute atomic E-state index is 13.1. The van der Waals surface area contributed by atoms with Crippen molar-refractivity contribution in [2.24, 2.45) is 0 Å². The van der Waals surface area contributed by atoms with Crippen LogP contribution >= 0.6 is 11.8 Å². The normalized spacial score (nSPS) is 14.5. The Morgan fingerprint density at radius 1 is 1.12 bits per heavy atom. The molecule has 0 saturated heterocycles. The van der Waals surface area contributed by atoms with Gasteiger partial charge in [0.05, 0.1) is 4.90 Å². The predicted molar refractivity (Wildman–Crippen MR) is 128 cm³/mol. The summed E-state index contributed by atoms with van der Waals surface area (Å²) in [6.45, 7) is 4.77. The molecule has 9 heteroatoms. The smallest absolute Gasteiger partial charge is 0.255 e. The Morgan fingerprint density at radius 3 is 2.38 bits per heavy atom. The van der Waals surface area contributed by atoms with Gasteiger partial charge in [-0.15, -0.1) is 0 Å². The summed E-state index contributed by atoms with van der Waals surface area (Å²) >= 11 is 1.62. The Bertz CT molecular complexity index is 1070. The maximum atomic E-state index is 13.1. The molecular weight excluding hydrogens is 446 g/mol. The van der Waals surface area contributed by atoms with Crippen LogP contribution < -0.4 is 5.32 Å². The zero-order valence-corrected chi connectivity index (χ0v) is 20.2. The molecule has 2 amide bonds. The molecule has 1 aliphatic heterocycles. The minimum Gasteiger partial charge on any atom is -0.324 e. The lowest BCUT2D eigenvalue weighted by molar-refractivity contribution is -0.120. The molecule has 3 rings (SSSR count). The topological polar surface area (TPSA) is 86.8 Å². The van der Waals surface area contributed by atoms with Gasteiger partial charge in [0.25, 0.3) is 5.91 Å². The Kier molecular flexibility index (Phi) is 7.97. The number of benzene rings is 2. The molecule has 0 aliphatic carbocycles. The summed E-state index contributed by atoms with van der Waals surface area (Å²) in [5, 5.41) is 2.86. The number of hydrogen-bond donors (Lipinski definition) is 1. The van der Waals surface area contributed by atoms with Crippen LogP contribution in [0.25, 0.3) is 0 Å². The number of hydrogen-bond acceptors (Lipinski definition) is 5. The van der Waals surface area contributed by atoms with Crippen LogP contribution in [0.1, 0.15) is 36.2 Å². The highest BCUT2D eigenvalue weighted by Crippen LogP contribution is 2.27. The molecule has 0 aromatic heterocycles. The van der Waals surface area contributed by atoms with Gasteiger partial charge in [-0.25, -0.2) is 8.42 Å². The van der Waals surface area contributed by atoms with E-state index < -0.39 is 16.1 Å². The Hall–Kier alpha value is -2.36. The fourth-order valence-corrected chi connectivity index (χ4v) is 5.75. The number of carbonyl (C=O) groups excluding carboxylic acids is 2. The first kappa shape index (κ1) is 24.3. The molecule has 0 saturated carbocycles. The second-order valence-electron chi connectivity index (χ2n) is 7.49. The van der Waals surface area contributed by atoms with Crippen molar-refractivity contribution in [2.45, 2.75) is 37.8 Å². The number of carbonyl (C=O) groups is 2. The largest absolute Gasteiger partial charge is 0.324 e. The molecule has 1 N–H and O–H groups in total. The third-order valence-corrected chi connectivity index (χ3v) is 8.30. The van der Waals surface area contributed by atoms with Crippen LogP contribution in [0.15, 0.2) is 53.4 Å². The van der Waals surface area contributed by atoms with E-state index in [1.54, 1.807) is 48.7 Å². The van der Waals surface area contributed by atoms with Gasteiger partial charge in [0.1, 0.15) is 6.04 Å². The number of thioether (sulfide) groups is 1. The molecule has 0 unspecified atom stereocenters. The zero-order chi connectivity index (χ0) is 23.3. The summed E-state index contributed by atoms with van der Waals surface area (Å²) in [5.74, 6) is 0.321. The number of fused-ring (bicyclic) bond motifs is 1. The molecule has 0 fully saturated rings. The van der Waals surface area contributed by atoms with Gasteiger partial charge in [0.15, 0.2) is 0 Å². The van der Waals surface area contributed by atoms with E-state index in [9.17, 15) is 18.0 Å². The zero-order valence-electron chi connectivity index (χ0n) is 18.6. The third kappa shape index (κ3) is 5.00. The number of sulfonamides is 1. The van der Waals surface area contributed by atoms with E-state index in [4.69, 9.17) is 0 Å². The summed E-state index contributed by atoms with van der Waals surface area (Å²) in [6.07, 6.45) is 2.49. The van der Waals surface area contributed by atoms with Crippen LogP contribution in [0.2, 0.25) is 0 Å².